The molecule has 5 nitrogen and oxygen atoms in total. The van der Waals surface area contributed by atoms with Gasteiger partial charge >= 0.3 is 0 Å². The summed E-state index contributed by atoms with van der Waals surface area (Å²) < 4.78 is 11.3. The predicted octanol–water partition coefficient (Wildman–Crippen LogP) is 4.02. The molecular formula is C22H28N2O3. The fourth-order valence-corrected chi connectivity index (χ4v) is 3.51. The van der Waals surface area contributed by atoms with Gasteiger partial charge in [0.15, 0.2) is 11.5 Å². The predicted molar refractivity (Wildman–Crippen MR) is 107 cm³/mol. The van der Waals surface area contributed by atoms with E-state index in [-0.39, 0.29) is 11.9 Å². The van der Waals surface area contributed by atoms with E-state index in [0.717, 1.165) is 36.4 Å². The minimum Gasteiger partial charge on any atom is -0.490 e. The summed E-state index contributed by atoms with van der Waals surface area (Å²) in [5.74, 6) is 1.52. The van der Waals surface area contributed by atoms with Crippen molar-refractivity contribution in [3.8, 4) is 11.5 Å². The topological polar surface area (TPSA) is 73.6 Å². The maximum Gasteiger partial charge on any atom is 0.220 e. The van der Waals surface area contributed by atoms with Crippen LogP contribution in [-0.2, 0) is 11.2 Å². The third-order valence-corrected chi connectivity index (χ3v) is 4.77. The highest BCUT2D eigenvalue weighted by molar-refractivity contribution is 5.76. The average molecular weight is 368 g/mol. The third kappa shape index (κ3) is 5.16. The summed E-state index contributed by atoms with van der Waals surface area (Å²) in [6.07, 6.45) is 4.17. The number of benzene rings is 2. The molecule has 3 rings (SSSR count). The molecule has 144 valence electrons. The number of carbonyl (C=O) groups excluding carboxylic acids is 1. The molecule has 0 radical (unpaired) electrons. The molecule has 1 aliphatic carbocycles. The number of ether oxygens (including phenoxy) is 2. The Morgan fingerprint density at radius 3 is 2.74 bits per heavy atom. The summed E-state index contributed by atoms with van der Waals surface area (Å²) in [7, 11) is 0. The lowest BCUT2D eigenvalue weighted by Gasteiger charge is -2.26. The van der Waals surface area contributed by atoms with E-state index in [1.807, 2.05) is 49.4 Å². The zero-order valence-electron chi connectivity index (χ0n) is 15.9. The number of anilines is 1. The van der Waals surface area contributed by atoms with Crippen molar-refractivity contribution in [3.63, 3.8) is 0 Å². The Morgan fingerprint density at radius 1 is 1.19 bits per heavy atom. The first kappa shape index (κ1) is 19.1. The SMILES string of the molecule is CCOc1ccccc1OCCCC(=O)NC1CCCc2cc(N)ccc21. The van der Waals surface area contributed by atoms with E-state index in [4.69, 9.17) is 15.2 Å². The third-order valence-electron chi connectivity index (χ3n) is 4.77. The largest absolute Gasteiger partial charge is 0.490 e. The van der Waals surface area contributed by atoms with E-state index >= 15 is 0 Å². The van der Waals surface area contributed by atoms with Gasteiger partial charge in [0.2, 0.25) is 5.91 Å². The first-order valence-electron chi connectivity index (χ1n) is 9.69. The highest BCUT2D eigenvalue weighted by Crippen LogP contribution is 2.31. The number of nitrogens with two attached hydrogens (primary N) is 1. The summed E-state index contributed by atoms with van der Waals surface area (Å²) in [5.41, 5.74) is 9.11. The van der Waals surface area contributed by atoms with Gasteiger partial charge in [0.25, 0.3) is 0 Å². The fraction of sp³-hybridized carbons (Fsp3) is 0.409. The first-order valence-corrected chi connectivity index (χ1v) is 9.69. The molecule has 5 heteroatoms. The highest BCUT2D eigenvalue weighted by Gasteiger charge is 2.21. The smallest absolute Gasteiger partial charge is 0.220 e. The van der Waals surface area contributed by atoms with Crippen LogP contribution < -0.4 is 20.5 Å². The van der Waals surface area contributed by atoms with Crippen molar-refractivity contribution < 1.29 is 14.3 Å². The van der Waals surface area contributed by atoms with Crippen LogP contribution in [0, 0.1) is 0 Å². The van der Waals surface area contributed by atoms with Crippen LogP contribution in [0.2, 0.25) is 0 Å². The number of rotatable bonds is 8. The highest BCUT2D eigenvalue weighted by atomic mass is 16.5. The molecule has 27 heavy (non-hydrogen) atoms. The number of nitrogen functional groups attached to an aromatic ring is 1. The second-order valence-electron chi connectivity index (χ2n) is 6.80. The van der Waals surface area contributed by atoms with E-state index in [1.54, 1.807) is 0 Å². The van der Waals surface area contributed by atoms with Gasteiger partial charge in [0, 0.05) is 12.1 Å². The summed E-state index contributed by atoms with van der Waals surface area (Å²) >= 11 is 0. The molecule has 1 unspecified atom stereocenters. The van der Waals surface area contributed by atoms with Crippen LogP contribution in [0.4, 0.5) is 5.69 Å². The zero-order chi connectivity index (χ0) is 19.1. The lowest BCUT2D eigenvalue weighted by molar-refractivity contribution is -0.122. The van der Waals surface area contributed by atoms with Gasteiger partial charge in [-0.1, -0.05) is 18.2 Å². The quantitative estimate of drug-likeness (QED) is 0.545. The zero-order valence-corrected chi connectivity index (χ0v) is 15.9. The Kier molecular flexibility index (Phi) is 6.58. The van der Waals surface area contributed by atoms with Gasteiger partial charge in [-0.2, -0.15) is 0 Å². The van der Waals surface area contributed by atoms with Crippen molar-refractivity contribution in [2.45, 2.75) is 45.1 Å². The number of hydrogen-bond donors (Lipinski definition) is 2. The lowest BCUT2D eigenvalue weighted by Crippen LogP contribution is -2.31. The van der Waals surface area contributed by atoms with E-state index in [2.05, 4.69) is 5.32 Å². The van der Waals surface area contributed by atoms with Gasteiger partial charge < -0.3 is 20.5 Å². The molecule has 0 aromatic heterocycles. The Balaban J connectivity index is 1.46. The average Bonchev–Trinajstić information content (AvgIpc) is 2.66. The van der Waals surface area contributed by atoms with Crippen molar-refractivity contribution in [2.75, 3.05) is 18.9 Å². The van der Waals surface area contributed by atoms with Gasteiger partial charge in [0.1, 0.15) is 0 Å². The van der Waals surface area contributed by atoms with Crippen LogP contribution in [0.5, 0.6) is 11.5 Å². The van der Waals surface area contributed by atoms with E-state index in [9.17, 15) is 4.79 Å². The molecule has 0 aliphatic heterocycles. The van der Waals surface area contributed by atoms with Crippen LogP contribution >= 0.6 is 0 Å². The van der Waals surface area contributed by atoms with E-state index < -0.39 is 0 Å². The molecule has 0 saturated carbocycles. The maximum atomic E-state index is 12.4. The molecular weight excluding hydrogens is 340 g/mol. The first-order chi connectivity index (χ1) is 13.2. The Bertz CT molecular complexity index is 776. The minimum atomic E-state index is 0.0615. The summed E-state index contributed by atoms with van der Waals surface area (Å²) in [5, 5.41) is 3.16. The number of para-hydroxylation sites is 2. The molecule has 0 fully saturated rings. The molecule has 2 aromatic rings. The van der Waals surface area contributed by atoms with Crippen LogP contribution in [0.25, 0.3) is 0 Å². The van der Waals surface area contributed by atoms with Crippen molar-refractivity contribution in [1.29, 1.82) is 0 Å². The summed E-state index contributed by atoms with van der Waals surface area (Å²) in [6, 6.07) is 13.7. The molecule has 0 bridgehead atoms. The van der Waals surface area contributed by atoms with Crippen LogP contribution in [0.1, 0.15) is 49.8 Å². The number of nitrogens with one attached hydrogen (secondary N) is 1. The minimum absolute atomic E-state index is 0.0615. The van der Waals surface area contributed by atoms with E-state index in [0.29, 0.717) is 26.1 Å². The normalized spacial score (nSPS) is 15.7. The van der Waals surface area contributed by atoms with Crippen molar-refractivity contribution >= 4 is 11.6 Å². The van der Waals surface area contributed by atoms with Gasteiger partial charge in [-0.3, -0.25) is 4.79 Å². The Hall–Kier alpha value is -2.69. The summed E-state index contributed by atoms with van der Waals surface area (Å²) in [6.45, 7) is 3.02. The van der Waals surface area contributed by atoms with Gasteiger partial charge in [-0.25, -0.2) is 0 Å². The molecule has 3 N–H and O–H groups in total. The number of fused-ring (bicyclic) bond motifs is 1. The molecule has 1 aliphatic rings. The van der Waals surface area contributed by atoms with Gasteiger partial charge in [-0.05, 0) is 68.0 Å². The number of hydrogen-bond acceptors (Lipinski definition) is 4. The lowest BCUT2D eigenvalue weighted by atomic mass is 9.87. The molecule has 0 heterocycles. The van der Waals surface area contributed by atoms with Crippen LogP contribution in [-0.4, -0.2) is 19.1 Å². The van der Waals surface area contributed by atoms with Gasteiger partial charge in [-0.15, -0.1) is 0 Å². The van der Waals surface area contributed by atoms with E-state index in [1.165, 1.54) is 11.1 Å². The van der Waals surface area contributed by atoms with Crippen LogP contribution in [0.15, 0.2) is 42.5 Å². The molecule has 2 aromatic carbocycles. The number of amides is 1. The van der Waals surface area contributed by atoms with Crippen molar-refractivity contribution in [3.05, 3.63) is 53.6 Å². The maximum absolute atomic E-state index is 12.4. The second kappa shape index (κ2) is 9.31. The second-order valence-corrected chi connectivity index (χ2v) is 6.80. The van der Waals surface area contributed by atoms with Gasteiger partial charge in [0.05, 0.1) is 19.3 Å². The fourth-order valence-electron chi connectivity index (χ4n) is 3.51. The Morgan fingerprint density at radius 2 is 1.96 bits per heavy atom. The molecule has 1 amide bonds. The molecule has 1 atom stereocenters. The standard InChI is InChI=1S/C22H28N2O3/c1-2-26-20-9-3-4-10-21(20)27-14-6-11-22(25)24-19-8-5-7-16-15-17(23)12-13-18(16)19/h3-4,9-10,12-13,15,19H,2,5-8,11,14,23H2,1H3,(H,24,25). The molecule has 0 spiro atoms. The summed E-state index contributed by atoms with van der Waals surface area (Å²) in [4.78, 5) is 12.4. The monoisotopic (exact) mass is 368 g/mol. The van der Waals surface area contributed by atoms with Crippen molar-refractivity contribution in [2.24, 2.45) is 0 Å². The molecule has 0 saturated heterocycles. The van der Waals surface area contributed by atoms with Crippen LogP contribution in [0.3, 0.4) is 0 Å². The number of aryl methyl sites for hydroxylation is 1. The Labute approximate surface area is 160 Å². The van der Waals surface area contributed by atoms with Crippen molar-refractivity contribution in [1.82, 2.24) is 5.32 Å². The number of carbonyl (C=O) groups is 1.